The molecule has 0 atom stereocenters. The standard InChI is InChI=1S/C4H4O4.C4H6O2/c1-2(3(5)6)4(7)8;1-3(2)4(5)6/h1H2,(H,5,6)(H,7,8);1H2,2H3,(H,5,6). The minimum absolute atomic E-state index is 0.176. The van der Waals surface area contributed by atoms with Crippen LogP contribution in [0.15, 0.2) is 24.3 Å². The normalized spacial score (nSPS) is 7.79. The van der Waals surface area contributed by atoms with Gasteiger partial charge in [-0.15, -0.1) is 0 Å². The van der Waals surface area contributed by atoms with Gasteiger partial charge in [-0.1, -0.05) is 13.2 Å². The Bertz CT molecular complexity index is 260. The third kappa shape index (κ3) is 7.99. The predicted molar refractivity (Wildman–Crippen MR) is 46.9 cm³/mol. The highest BCUT2D eigenvalue weighted by Crippen LogP contribution is 1.86. The molecule has 0 radical (unpaired) electrons. The summed E-state index contributed by atoms with van der Waals surface area (Å²) >= 11 is 0. The summed E-state index contributed by atoms with van der Waals surface area (Å²) in [5.74, 6) is -3.94. The zero-order valence-corrected chi connectivity index (χ0v) is 7.48. The van der Waals surface area contributed by atoms with Gasteiger partial charge in [0.05, 0.1) is 0 Å². The molecule has 0 amide bonds. The van der Waals surface area contributed by atoms with Gasteiger partial charge in [-0.25, -0.2) is 14.4 Å². The molecule has 6 nitrogen and oxygen atoms in total. The second-order valence-corrected chi connectivity index (χ2v) is 2.17. The van der Waals surface area contributed by atoms with Gasteiger partial charge in [0.1, 0.15) is 5.57 Å². The van der Waals surface area contributed by atoms with Crippen LogP contribution in [0.5, 0.6) is 0 Å². The van der Waals surface area contributed by atoms with Crippen LogP contribution in [0.2, 0.25) is 0 Å². The summed E-state index contributed by atoms with van der Waals surface area (Å²) in [6.45, 7) is 7.36. The molecule has 0 aliphatic heterocycles. The van der Waals surface area contributed by atoms with Crippen molar-refractivity contribution in [2.45, 2.75) is 6.92 Å². The second kappa shape index (κ2) is 6.41. The van der Waals surface area contributed by atoms with Crippen LogP contribution in [0.3, 0.4) is 0 Å². The van der Waals surface area contributed by atoms with E-state index in [9.17, 15) is 14.4 Å². The molecule has 0 rings (SSSR count). The molecule has 0 saturated carbocycles. The number of carbonyl (C=O) groups is 3. The average Bonchev–Trinajstić information content (AvgIpc) is 2.03. The molecule has 0 aliphatic rings. The minimum Gasteiger partial charge on any atom is -0.478 e. The molecule has 14 heavy (non-hydrogen) atoms. The molecule has 6 heteroatoms. The van der Waals surface area contributed by atoms with Gasteiger partial charge in [0.15, 0.2) is 0 Å². The van der Waals surface area contributed by atoms with Crippen LogP contribution in [-0.2, 0) is 14.4 Å². The van der Waals surface area contributed by atoms with E-state index in [0.717, 1.165) is 0 Å². The highest BCUT2D eigenvalue weighted by Gasteiger charge is 2.10. The average molecular weight is 202 g/mol. The number of carboxylic acids is 3. The van der Waals surface area contributed by atoms with Crippen molar-refractivity contribution < 1.29 is 29.7 Å². The molecule has 0 aromatic rings. The van der Waals surface area contributed by atoms with Gasteiger partial charge in [-0.3, -0.25) is 0 Å². The van der Waals surface area contributed by atoms with E-state index in [-0.39, 0.29) is 5.57 Å². The highest BCUT2D eigenvalue weighted by atomic mass is 16.4. The maximum Gasteiger partial charge on any atom is 0.342 e. The van der Waals surface area contributed by atoms with E-state index in [1.54, 1.807) is 0 Å². The van der Waals surface area contributed by atoms with Crippen molar-refractivity contribution in [3.05, 3.63) is 24.3 Å². The molecule has 0 fully saturated rings. The summed E-state index contributed by atoms with van der Waals surface area (Å²) in [5.41, 5.74) is -0.639. The first-order chi connectivity index (χ1) is 6.20. The first-order valence-corrected chi connectivity index (χ1v) is 3.24. The van der Waals surface area contributed by atoms with Crippen LogP contribution in [-0.4, -0.2) is 33.2 Å². The van der Waals surface area contributed by atoms with Crippen LogP contribution in [0.4, 0.5) is 0 Å². The minimum atomic E-state index is -1.50. The monoisotopic (exact) mass is 202 g/mol. The van der Waals surface area contributed by atoms with Gasteiger partial charge < -0.3 is 15.3 Å². The SMILES string of the molecule is C=C(C(=O)O)C(=O)O.C=C(C)C(=O)O. The molecule has 78 valence electrons. The fourth-order valence-electron chi connectivity index (χ4n) is 0.0915. The Balaban J connectivity index is 0. The molecule has 0 aromatic carbocycles. The summed E-state index contributed by atoms with van der Waals surface area (Å²) < 4.78 is 0. The van der Waals surface area contributed by atoms with Crippen molar-refractivity contribution in [2.24, 2.45) is 0 Å². The molecule has 0 bridgehead atoms. The lowest BCUT2D eigenvalue weighted by Gasteiger charge is -1.86. The zero-order chi connectivity index (χ0) is 11.9. The Morgan fingerprint density at radius 2 is 1.07 bits per heavy atom. The summed E-state index contributed by atoms with van der Waals surface area (Å²) in [6.07, 6.45) is 0. The van der Waals surface area contributed by atoms with Gasteiger partial charge in [0.2, 0.25) is 0 Å². The third-order valence-corrected chi connectivity index (χ3v) is 0.881. The molecule has 0 heterocycles. The van der Waals surface area contributed by atoms with Crippen molar-refractivity contribution >= 4 is 17.9 Å². The summed E-state index contributed by atoms with van der Waals surface area (Å²) in [4.78, 5) is 28.9. The Hall–Kier alpha value is -2.11. The van der Waals surface area contributed by atoms with Gasteiger partial charge in [-0.05, 0) is 6.92 Å². The van der Waals surface area contributed by atoms with E-state index in [0.29, 0.717) is 0 Å². The van der Waals surface area contributed by atoms with E-state index in [1.807, 2.05) is 0 Å². The number of carboxylic acid groups (broad SMARTS) is 3. The van der Waals surface area contributed by atoms with E-state index in [4.69, 9.17) is 15.3 Å². The lowest BCUT2D eigenvalue weighted by atomic mass is 10.3. The van der Waals surface area contributed by atoms with Gasteiger partial charge in [0, 0.05) is 5.57 Å². The van der Waals surface area contributed by atoms with E-state index in [1.165, 1.54) is 6.92 Å². The van der Waals surface area contributed by atoms with Crippen molar-refractivity contribution in [3.63, 3.8) is 0 Å². The van der Waals surface area contributed by atoms with Crippen molar-refractivity contribution in [2.75, 3.05) is 0 Å². The zero-order valence-electron chi connectivity index (χ0n) is 7.48. The van der Waals surface area contributed by atoms with Crippen molar-refractivity contribution in [3.8, 4) is 0 Å². The summed E-state index contributed by atoms with van der Waals surface area (Å²) in [6, 6.07) is 0. The predicted octanol–water partition coefficient (Wildman–Crippen LogP) is 0.359. The summed E-state index contributed by atoms with van der Waals surface area (Å²) in [7, 11) is 0. The van der Waals surface area contributed by atoms with E-state index in [2.05, 4.69) is 13.2 Å². The van der Waals surface area contributed by atoms with Crippen LogP contribution >= 0.6 is 0 Å². The first-order valence-electron chi connectivity index (χ1n) is 3.24. The topological polar surface area (TPSA) is 112 Å². The number of aliphatic carboxylic acids is 3. The maximum atomic E-state index is 9.66. The fraction of sp³-hybridized carbons (Fsp3) is 0.125. The molecular formula is C8H10O6. The van der Waals surface area contributed by atoms with Crippen LogP contribution in [0.1, 0.15) is 6.92 Å². The Labute approximate surface area is 79.8 Å². The van der Waals surface area contributed by atoms with E-state index >= 15 is 0 Å². The fourth-order valence-corrected chi connectivity index (χ4v) is 0.0915. The number of hydrogen-bond donors (Lipinski definition) is 3. The van der Waals surface area contributed by atoms with Gasteiger partial charge >= 0.3 is 17.9 Å². The smallest absolute Gasteiger partial charge is 0.342 e. The lowest BCUT2D eigenvalue weighted by molar-refractivity contribution is -0.140. The van der Waals surface area contributed by atoms with Crippen LogP contribution < -0.4 is 0 Å². The van der Waals surface area contributed by atoms with Gasteiger partial charge in [-0.2, -0.15) is 0 Å². The molecule has 0 aliphatic carbocycles. The van der Waals surface area contributed by atoms with Crippen LogP contribution in [0, 0.1) is 0 Å². The van der Waals surface area contributed by atoms with Crippen LogP contribution in [0.25, 0.3) is 0 Å². The second-order valence-electron chi connectivity index (χ2n) is 2.17. The first kappa shape index (κ1) is 14.4. The molecular weight excluding hydrogens is 192 g/mol. The molecule has 3 N–H and O–H groups in total. The number of rotatable bonds is 3. The molecule has 0 aromatic heterocycles. The quantitative estimate of drug-likeness (QED) is 0.346. The van der Waals surface area contributed by atoms with Gasteiger partial charge in [0.25, 0.3) is 0 Å². The molecule has 0 unspecified atom stereocenters. The number of hydrogen-bond acceptors (Lipinski definition) is 3. The Morgan fingerprint density at radius 1 is 0.857 bits per heavy atom. The van der Waals surface area contributed by atoms with Crippen molar-refractivity contribution in [1.82, 2.24) is 0 Å². The summed E-state index contributed by atoms with van der Waals surface area (Å²) in [5, 5.41) is 23.6. The third-order valence-electron chi connectivity index (χ3n) is 0.881. The largest absolute Gasteiger partial charge is 0.478 e. The van der Waals surface area contributed by atoms with Crippen molar-refractivity contribution in [1.29, 1.82) is 0 Å². The van der Waals surface area contributed by atoms with E-state index < -0.39 is 23.5 Å². The lowest BCUT2D eigenvalue weighted by Crippen LogP contribution is -2.08. The molecule has 0 saturated heterocycles. The Kier molecular flexibility index (Phi) is 6.60. The molecule has 0 spiro atoms. The highest BCUT2D eigenvalue weighted by molar-refractivity contribution is 6.11. The maximum absolute atomic E-state index is 9.66. The Morgan fingerprint density at radius 3 is 1.07 bits per heavy atom.